The molecule has 2 unspecified atom stereocenters. The van der Waals surface area contributed by atoms with Crippen LogP contribution in [0.15, 0.2) is 43.0 Å². The van der Waals surface area contributed by atoms with Crippen LogP contribution in [0.2, 0.25) is 0 Å². The summed E-state index contributed by atoms with van der Waals surface area (Å²) in [5.74, 6) is -0.168. The molecule has 6 N–H and O–H groups in total. The van der Waals surface area contributed by atoms with E-state index >= 15 is 0 Å². The zero-order valence-electron chi connectivity index (χ0n) is 26.0. The van der Waals surface area contributed by atoms with Crippen LogP contribution in [0.25, 0.3) is 0 Å². The van der Waals surface area contributed by atoms with Crippen molar-refractivity contribution in [3.05, 3.63) is 54.1 Å². The SMILES string of the molecule is CCC(C)C(c1ccc(CC(=O)N[C@@H](CO)C(=O)N[C@@H](CCCCN)C(=O)NCCC2CCCCC2)cc1)n1ccnc1. The standard InChI is InChI=1S/C33H52N6O4/c1-3-24(2)31(39-20-19-35-23-39)27-14-12-26(13-15-27)21-30(41)37-29(22-40)33(43)38-28(11-7-8-17-34)32(42)36-18-16-25-9-5-4-6-10-25/h12-15,19-20,23-25,28-29,31,40H,3-11,16-18,21-22,34H2,1-2H3,(H,36,42)(H,37,41)(H,38,43)/t24?,28-,29-,31?/m0/s1. The van der Waals surface area contributed by atoms with E-state index in [2.05, 4.69) is 39.3 Å². The molecule has 2 aromatic rings. The first-order chi connectivity index (χ1) is 20.9. The molecule has 10 nitrogen and oxygen atoms in total. The summed E-state index contributed by atoms with van der Waals surface area (Å²) in [5.41, 5.74) is 7.56. The van der Waals surface area contributed by atoms with Gasteiger partial charge in [-0.2, -0.15) is 0 Å². The summed E-state index contributed by atoms with van der Waals surface area (Å²) in [6.45, 7) is 4.87. The number of aliphatic hydroxyl groups is 1. The van der Waals surface area contributed by atoms with Gasteiger partial charge in [-0.15, -0.1) is 0 Å². The molecular formula is C33H52N6O4. The van der Waals surface area contributed by atoms with E-state index in [0.29, 0.717) is 37.8 Å². The van der Waals surface area contributed by atoms with E-state index in [1.165, 1.54) is 32.1 Å². The van der Waals surface area contributed by atoms with Crippen molar-refractivity contribution >= 4 is 17.7 Å². The fourth-order valence-electron chi connectivity index (χ4n) is 5.94. The Morgan fingerprint density at radius 1 is 1.05 bits per heavy atom. The van der Waals surface area contributed by atoms with Crippen molar-refractivity contribution < 1.29 is 19.5 Å². The molecule has 43 heavy (non-hydrogen) atoms. The van der Waals surface area contributed by atoms with Crippen molar-refractivity contribution in [1.29, 1.82) is 0 Å². The Kier molecular flexibility index (Phi) is 14.7. The highest BCUT2D eigenvalue weighted by molar-refractivity contribution is 5.92. The van der Waals surface area contributed by atoms with Crippen LogP contribution in [0, 0.1) is 11.8 Å². The van der Waals surface area contributed by atoms with Crippen molar-refractivity contribution in [2.24, 2.45) is 17.6 Å². The molecule has 0 aliphatic heterocycles. The monoisotopic (exact) mass is 596 g/mol. The second-order valence-electron chi connectivity index (χ2n) is 12.0. The van der Waals surface area contributed by atoms with Crippen LogP contribution in [0.3, 0.4) is 0 Å². The molecule has 1 fully saturated rings. The highest BCUT2D eigenvalue weighted by Gasteiger charge is 2.27. The largest absolute Gasteiger partial charge is 0.394 e. The number of nitrogens with zero attached hydrogens (tertiary/aromatic N) is 2. The smallest absolute Gasteiger partial charge is 0.245 e. The molecule has 1 aliphatic carbocycles. The minimum Gasteiger partial charge on any atom is -0.394 e. The van der Waals surface area contributed by atoms with Gasteiger partial charge in [0.25, 0.3) is 0 Å². The van der Waals surface area contributed by atoms with Gasteiger partial charge in [0.1, 0.15) is 12.1 Å². The van der Waals surface area contributed by atoms with Crippen LogP contribution in [0.1, 0.15) is 95.2 Å². The van der Waals surface area contributed by atoms with Gasteiger partial charge in [0.15, 0.2) is 0 Å². The maximum absolute atomic E-state index is 13.1. The molecule has 0 spiro atoms. The average molecular weight is 597 g/mol. The number of rotatable bonds is 18. The summed E-state index contributed by atoms with van der Waals surface area (Å²) >= 11 is 0. The lowest BCUT2D eigenvalue weighted by Crippen LogP contribution is -2.55. The van der Waals surface area contributed by atoms with E-state index in [1.54, 1.807) is 6.20 Å². The molecule has 0 bridgehead atoms. The first-order valence-corrected chi connectivity index (χ1v) is 16.1. The number of hydrogen-bond acceptors (Lipinski definition) is 6. The third-order valence-corrected chi connectivity index (χ3v) is 8.71. The average Bonchev–Trinajstić information content (AvgIpc) is 3.55. The fraction of sp³-hybridized carbons (Fsp3) is 0.636. The van der Waals surface area contributed by atoms with Crippen LogP contribution >= 0.6 is 0 Å². The predicted octanol–water partition coefficient (Wildman–Crippen LogP) is 3.24. The maximum Gasteiger partial charge on any atom is 0.245 e. The number of imidazole rings is 1. The highest BCUT2D eigenvalue weighted by Crippen LogP contribution is 2.29. The summed E-state index contributed by atoms with van der Waals surface area (Å²) in [5, 5.41) is 18.3. The third kappa shape index (κ3) is 11.1. The lowest BCUT2D eigenvalue weighted by Gasteiger charge is -2.25. The highest BCUT2D eigenvalue weighted by atomic mass is 16.3. The number of carbonyl (C=O) groups is 3. The molecular weight excluding hydrogens is 544 g/mol. The van der Waals surface area contributed by atoms with E-state index in [1.807, 2.05) is 36.8 Å². The Morgan fingerprint density at radius 3 is 2.42 bits per heavy atom. The number of benzene rings is 1. The van der Waals surface area contributed by atoms with Crippen LogP contribution in [0.5, 0.6) is 0 Å². The first-order valence-electron chi connectivity index (χ1n) is 16.1. The molecule has 0 radical (unpaired) electrons. The van der Waals surface area contributed by atoms with E-state index < -0.39 is 24.6 Å². The minimum absolute atomic E-state index is 0.0602. The van der Waals surface area contributed by atoms with Crippen molar-refractivity contribution in [2.75, 3.05) is 19.7 Å². The Bertz CT molecular complexity index is 1100. The van der Waals surface area contributed by atoms with Gasteiger partial charge >= 0.3 is 0 Å². The summed E-state index contributed by atoms with van der Waals surface area (Å²) in [6, 6.07) is 6.11. The molecule has 1 saturated carbocycles. The van der Waals surface area contributed by atoms with Crippen molar-refractivity contribution in [2.45, 2.75) is 103 Å². The van der Waals surface area contributed by atoms with Gasteiger partial charge in [0.05, 0.1) is 25.4 Å². The summed E-state index contributed by atoms with van der Waals surface area (Å²) < 4.78 is 2.10. The van der Waals surface area contributed by atoms with Gasteiger partial charge < -0.3 is 31.4 Å². The summed E-state index contributed by atoms with van der Waals surface area (Å²) in [4.78, 5) is 43.1. The molecule has 1 aromatic carbocycles. The molecule has 1 heterocycles. The zero-order chi connectivity index (χ0) is 31.0. The van der Waals surface area contributed by atoms with Gasteiger partial charge in [-0.25, -0.2) is 4.98 Å². The zero-order valence-corrected chi connectivity index (χ0v) is 26.0. The van der Waals surface area contributed by atoms with Gasteiger partial charge in [0, 0.05) is 18.9 Å². The van der Waals surface area contributed by atoms with Crippen molar-refractivity contribution in [3.63, 3.8) is 0 Å². The van der Waals surface area contributed by atoms with E-state index in [0.717, 1.165) is 30.4 Å². The van der Waals surface area contributed by atoms with Gasteiger partial charge in [0.2, 0.25) is 17.7 Å². The third-order valence-electron chi connectivity index (χ3n) is 8.71. The second-order valence-corrected chi connectivity index (χ2v) is 12.0. The second kappa shape index (κ2) is 18.4. The maximum atomic E-state index is 13.1. The number of unbranched alkanes of at least 4 members (excludes halogenated alkanes) is 1. The van der Waals surface area contributed by atoms with Crippen molar-refractivity contribution in [3.8, 4) is 0 Å². The predicted molar refractivity (Wildman–Crippen MR) is 168 cm³/mol. The Morgan fingerprint density at radius 2 is 1.79 bits per heavy atom. The topological polar surface area (TPSA) is 151 Å². The number of carbonyl (C=O) groups excluding carboxylic acids is 3. The Hall–Kier alpha value is -3.24. The minimum atomic E-state index is -1.16. The fourth-order valence-corrected chi connectivity index (χ4v) is 5.94. The quantitative estimate of drug-likeness (QED) is 0.167. The van der Waals surface area contributed by atoms with Gasteiger partial charge in [-0.05, 0) is 55.2 Å². The molecule has 1 aromatic heterocycles. The summed E-state index contributed by atoms with van der Waals surface area (Å²) in [6.07, 6.45) is 15.6. The molecule has 0 saturated heterocycles. The van der Waals surface area contributed by atoms with Crippen LogP contribution in [-0.2, 0) is 20.8 Å². The van der Waals surface area contributed by atoms with E-state index in [-0.39, 0.29) is 24.3 Å². The summed E-state index contributed by atoms with van der Waals surface area (Å²) in [7, 11) is 0. The lowest BCUT2D eigenvalue weighted by atomic mass is 9.87. The van der Waals surface area contributed by atoms with Gasteiger partial charge in [-0.1, -0.05) is 76.6 Å². The number of amides is 3. The van der Waals surface area contributed by atoms with Gasteiger partial charge in [-0.3, -0.25) is 14.4 Å². The Balaban J connectivity index is 1.54. The normalized spacial score (nSPS) is 16.6. The molecule has 238 valence electrons. The van der Waals surface area contributed by atoms with Crippen LogP contribution in [0.4, 0.5) is 0 Å². The van der Waals surface area contributed by atoms with E-state index in [4.69, 9.17) is 5.73 Å². The molecule has 4 atom stereocenters. The number of nitrogens with one attached hydrogen (secondary N) is 3. The van der Waals surface area contributed by atoms with E-state index in [9.17, 15) is 19.5 Å². The van der Waals surface area contributed by atoms with Crippen molar-refractivity contribution in [1.82, 2.24) is 25.5 Å². The molecule has 3 amide bonds. The van der Waals surface area contributed by atoms with Crippen LogP contribution < -0.4 is 21.7 Å². The number of aliphatic hydroxyl groups excluding tert-OH is 1. The number of aromatic nitrogens is 2. The molecule has 3 rings (SSSR count). The number of nitrogens with two attached hydrogens (primary N) is 1. The molecule has 1 aliphatic rings. The lowest BCUT2D eigenvalue weighted by molar-refractivity contribution is -0.133. The molecule has 10 heteroatoms. The Labute approximate surface area is 256 Å². The van der Waals surface area contributed by atoms with Crippen LogP contribution in [-0.4, -0.2) is 64.2 Å². The first kappa shape index (κ1) is 34.3. The number of hydrogen-bond donors (Lipinski definition) is 5.